The van der Waals surface area contributed by atoms with Crippen LogP contribution in [0, 0.1) is 0 Å². The molecule has 0 fully saturated rings. The number of hydrogen-bond acceptors (Lipinski definition) is 2. The molecule has 0 spiro atoms. The molecular formula is C6H7BO2. The number of esters is 1. The summed E-state index contributed by atoms with van der Waals surface area (Å²) in [7, 11) is 5.42. The quantitative estimate of drug-likeness (QED) is 0.342. The van der Waals surface area contributed by atoms with Gasteiger partial charge in [0.15, 0.2) is 0 Å². The van der Waals surface area contributed by atoms with Crippen molar-refractivity contribution in [2.24, 2.45) is 0 Å². The van der Waals surface area contributed by atoms with Gasteiger partial charge in [0, 0.05) is 6.08 Å². The molecular weight excluding hydrogens is 115 g/mol. The highest BCUT2D eigenvalue weighted by atomic mass is 16.6. The molecule has 2 nitrogen and oxygen atoms in total. The van der Waals surface area contributed by atoms with Gasteiger partial charge in [0.2, 0.25) is 0 Å². The summed E-state index contributed by atoms with van der Waals surface area (Å²) in [6.07, 6.45) is 1.31. The van der Waals surface area contributed by atoms with Crippen molar-refractivity contribution in [3.05, 3.63) is 11.5 Å². The van der Waals surface area contributed by atoms with E-state index in [0.717, 1.165) is 0 Å². The summed E-state index contributed by atoms with van der Waals surface area (Å²) in [5.74, 6) is -0.350. The molecule has 1 rings (SSSR count). The second-order valence-corrected chi connectivity index (χ2v) is 2.53. The van der Waals surface area contributed by atoms with Crippen LogP contribution in [0.3, 0.4) is 0 Å². The largest absolute Gasteiger partial charge is 0.453 e. The van der Waals surface area contributed by atoms with E-state index in [2.05, 4.69) is 0 Å². The molecule has 2 radical (unpaired) electrons. The van der Waals surface area contributed by atoms with Gasteiger partial charge in [-0.3, -0.25) is 0 Å². The lowest BCUT2D eigenvalue weighted by molar-refractivity contribution is -0.143. The standard InChI is InChI=1S/C6H7BO2/c1-6(2)4(7)3-5(8)9-6/h3H,1-2H3. The number of cyclic esters (lactones) is 1. The van der Waals surface area contributed by atoms with E-state index in [0.29, 0.717) is 5.47 Å². The summed E-state index contributed by atoms with van der Waals surface area (Å²) in [5.41, 5.74) is -0.0932. The summed E-state index contributed by atoms with van der Waals surface area (Å²) in [6, 6.07) is 0. The maximum Gasteiger partial charge on any atom is 0.330 e. The molecule has 0 aromatic carbocycles. The van der Waals surface area contributed by atoms with Gasteiger partial charge >= 0.3 is 5.97 Å². The van der Waals surface area contributed by atoms with Crippen LogP contribution in [0.25, 0.3) is 0 Å². The summed E-state index contributed by atoms with van der Waals surface area (Å²) in [5, 5.41) is 0. The van der Waals surface area contributed by atoms with E-state index in [1.165, 1.54) is 6.08 Å². The fourth-order valence-corrected chi connectivity index (χ4v) is 0.641. The Labute approximate surface area is 55.3 Å². The highest BCUT2D eigenvalue weighted by Gasteiger charge is 2.29. The van der Waals surface area contributed by atoms with Gasteiger partial charge in [0.1, 0.15) is 13.4 Å². The Hall–Kier alpha value is -0.725. The minimum absolute atomic E-state index is 0.350. The van der Waals surface area contributed by atoms with E-state index in [-0.39, 0.29) is 5.97 Å². The zero-order chi connectivity index (χ0) is 7.07. The van der Waals surface area contributed by atoms with E-state index < -0.39 is 5.60 Å². The van der Waals surface area contributed by atoms with E-state index in [1.54, 1.807) is 13.8 Å². The second kappa shape index (κ2) is 1.63. The third kappa shape index (κ3) is 0.993. The molecule has 0 amide bonds. The first kappa shape index (κ1) is 6.40. The maximum absolute atomic E-state index is 10.5. The molecule has 0 bridgehead atoms. The van der Waals surface area contributed by atoms with Crippen molar-refractivity contribution in [3.8, 4) is 0 Å². The molecule has 0 saturated heterocycles. The highest BCUT2D eigenvalue weighted by molar-refractivity contribution is 6.25. The predicted octanol–water partition coefficient (Wildman–Crippen LogP) is 0.374. The molecule has 1 heterocycles. The third-order valence-corrected chi connectivity index (χ3v) is 1.32. The summed E-state index contributed by atoms with van der Waals surface area (Å²) < 4.78 is 4.80. The van der Waals surface area contributed by atoms with Crippen LogP contribution in [0.2, 0.25) is 0 Å². The van der Waals surface area contributed by atoms with Crippen molar-refractivity contribution in [3.63, 3.8) is 0 Å². The molecule has 0 aromatic heterocycles. The Balaban J connectivity index is 2.89. The van der Waals surface area contributed by atoms with Crippen molar-refractivity contribution in [2.45, 2.75) is 19.4 Å². The smallest absolute Gasteiger partial charge is 0.330 e. The van der Waals surface area contributed by atoms with Crippen LogP contribution in [0.5, 0.6) is 0 Å². The van der Waals surface area contributed by atoms with Crippen LogP contribution in [0.1, 0.15) is 13.8 Å². The lowest BCUT2D eigenvalue weighted by Crippen LogP contribution is -2.23. The van der Waals surface area contributed by atoms with E-state index >= 15 is 0 Å². The van der Waals surface area contributed by atoms with Gasteiger partial charge in [-0.25, -0.2) is 4.79 Å². The van der Waals surface area contributed by atoms with Crippen LogP contribution in [0.15, 0.2) is 11.5 Å². The van der Waals surface area contributed by atoms with Gasteiger partial charge in [0.05, 0.1) is 0 Å². The Kier molecular flexibility index (Phi) is 1.16. The Morgan fingerprint density at radius 3 is 2.33 bits per heavy atom. The minimum Gasteiger partial charge on any atom is -0.453 e. The Morgan fingerprint density at radius 1 is 1.67 bits per heavy atom. The minimum atomic E-state index is -0.586. The zero-order valence-corrected chi connectivity index (χ0v) is 5.47. The number of hydrogen-bond donors (Lipinski definition) is 0. The van der Waals surface area contributed by atoms with Crippen LogP contribution in [-0.2, 0) is 9.53 Å². The molecule has 0 aromatic rings. The van der Waals surface area contributed by atoms with Crippen molar-refractivity contribution in [1.29, 1.82) is 0 Å². The van der Waals surface area contributed by atoms with Gasteiger partial charge in [0.25, 0.3) is 0 Å². The Bertz CT molecular complexity index is 181. The number of carbonyl (C=O) groups is 1. The van der Waals surface area contributed by atoms with E-state index in [9.17, 15) is 4.79 Å². The summed E-state index contributed by atoms with van der Waals surface area (Å²) >= 11 is 0. The van der Waals surface area contributed by atoms with Crippen LogP contribution in [0.4, 0.5) is 0 Å². The molecule has 46 valence electrons. The van der Waals surface area contributed by atoms with Gasteiger partial charge in [-0.05, 0) is 13.8 Å². The SMILES string of the molecule is [B]C1=CC(=O)OC1(C)C. The van der Waals surface area contributed by atoms with Gasteiger partial charge in [-0.2, -0.15) is 0 Å². The molecule has 0 saturated carbocycles. The molecule has 3 heteroatoms. The normalized spacial score (nSPS) is 23.3. The molecule has 0 unspecified atom stereocenters. The van der Waals surface area contributed by atoms with Crippen LogP contribution >= 0.6 is 0 Å². The van der Waals surface area contributed by atoms with Gasteiger partial charge in [-0.1, -0.05) is 5.47 Å². The second-order valence-electron chi connectivity index (χ2n) is 2.53. The number of ether oxygens (including phenoxy) is 1. The van der Waals surface area contributed by atoms with Gasteiger partial charge in [-0.15, -0.1) is 0 Å². The third-order valence-electron chi connectivity index (χ3n) is 1.32. The molecule has 1 aliphatic heterocycles. The first-order valence-electron chi connectivity index (χ1n) is 2.73. The number of carbonyl (C=O) groups excluding carboxylic acids is 1. The van der Waals surface area contributed by atoms with Crippen molar-refractivity contribution in [1.82, 2.24) is 0 Å². The van der Waals surface area contributed by atoms with E-state index in [4.69, 9.17) is 12.6 Å². The predicted molar refractivity (Wildman–Crippen MR) is 34.0 cm³/mol. The van der Waals surface area contributed by atoms with Crippen molar-refractivity contribution >= 4 is 13.8 Å². The lowest BCUT2D eigenvalue weighted by Gasteiger charge is -2.18. The van der Waals surface area contributed by atoms with Crippen molar-refractivity contribution < 1.29 is 9.53 Å². The highest BCUT2D eigenvalue weighted by Crippen LogP contribution is 2.23. The maximum atomic E-state index is 10.5. The molecule has 0 atom stereocenters. The Morgan fingerprint density at radius 2 is 2.22 bits per heavy atom. The average molecular weight is 122 g/mol. The monoisotopic (exact) mass is 122 g/mol. The van der Waals surface area contributed by atoms with E-state index in [1.807, 2.05) is 0 Å². The van der Waals surface area contributed by atoms with Gasteiger partial charge < -0.3 is 4.74 Å². The van der Waals surface area contributed by atoms with Crippen LogP contribution in [-0.4, -0.2) is 19.4 Å². The zero-order valence-electron chi connectivity index (χ0n) is 5.47. The van der Waals surface area contributed by atoms with Crippen LogP contribution < -0.4 is 0 Å². The molecule has 9 heavy (non-hydrogen) atoms. The fourth-order valence-electron chi connectivity index (χ4n) is 0.641. The average Bonchev–Trinajstić information content (AvgIpc) is 1.79. The first-order valence-corrected chi connectivity index (χ1v) is 2.73. The fraction of sp³-hybridized carbons (Fsp3) is 0.500. The molecule has 0 aliphatic carbocycles. The molecule has 1 aliphatic rings. The number of rotatable bonds is 0. The summed E-state index contributed by atoms with van der Waals surface area (Å²) in [6.45, 7) is 3.51. The summed E-state index contributed by atoms with van der Waals surface area (Å²) in [4.78, 5) is 10.5. The lowest BCUT2D eigenvalue weighted by atomic mass is 9.83. The topological polar surface area (TPSA) is 26.3 Å². The first-order chi connectivity index (χ1) is 4.02. The van der Waals surface area contributed by atoms with Crippen molar-refractivity contribution in [2.75, 3.05) is 0 Å². The molecule has 0 N–H and O–H groups in total.